The highest BCUT2D eigenvalue weighted by Gasteiger charge is 2.32. The molecule has 2 unspecified atom stereocenters. The number of rotatable bonds is 9. The Morgan fingerprint density at radius 3 is 2.70 bits per heavy atom. The standard InChI is InChI=1S/C26H34N2O5/c1-19(23-10-6-7-13-28(23)17-25-31-14-15-32-25)27-26(29)22-16-21(30-2)11-12-24(22)33-18-20-8-4-3-5-9-20/h3-5,8-9,11-12,16,19,23,25H,6-7,10,13-15,17-18H2,1-2H3,(H,27,29). The van der Waals surface area contributed by atoms with Crippen LogP contribution in [0.5, 0.6) is 11.5 Å². The number of ether oxygens (including phenoxy) is 4. The summed E-state index contributed by atoms with van der Waals surface area (Å²) in [4.78, 5) is 15.7. The molecular formula is C26H34N2O5. The molecule has 0 radical (unpaired) electrons. The van der Waals surface area contributed by atoms with Gasteiger partial charge >= 0.3 is 0 Å². The van der Waals surface area contributed by atoms with Crippen molar-refractivity contribution in [1.29, 1.82) is 0 Å². The van der Waals surface area contributed by atoms with E-state index in [2.05, 4.69) is 17.1 Å². The van der Waals surface area contributed by atoms with Crippen LogP contribution >= 0.6 is 0 Å². The van der Waals surface area contributed by atoms with Gasteiger partial charge in [0.05, 0.1) is 25.9 Å². The van der Waals surface area contributed by atoms with Gasteiger partial charge in [0.1, 0.15) is 18.1 Å². The minimum absolute atomic E-state index is 0.0348. The van der Waals surface area contributed by atoms with E-state index in [0.29, 0.717) is 36.9 Å². The van der Waals surface area contributed by atoms with Crippen LogP contribution in [0.1, 0.15) is 42.1 Å². The zero-order valence-corrected chi connectivity index (χ0v) is 19.5. The Morgan fingerprint density at radius 1 is 1.15 bits per heavy atom. The van der Waals surface area contributed by atoms with E-state index in [1.807, 2.05) is 36.4 Å². The SMILES string of the molecule is COc1ccc(OCc2ccccc2)c(C(=O)NC(C)C2CCCCN2CC2OCCO2)c1. The number of hydrogen-bond donors (Lipinski definition) is 1. The lowest BCUT2D eigenvalue weighted by molar-refractivity contribution is -0.0746. The predicted octanol–water partition coefficient (Wildman–Crippen LogP) is 3.62. The summed E-state index contributed by atoms with van der Waals surface area (Å²) in [6, 6.07) is 15.5. The molecule has 2 aliphatic heterocycles. The van der Waals surface area contributed by atoms with Crippen LogP contribution in [0.25, 0.3) is 0 Å². The molecule has 2 fully saturated rings. The number of nitrogens with one attached hydrogen (secondary N) is 1. The van der Waals surface area contributed by atoms with Gasteiger partial charge in [0.2, 0.25) is 0 Å². The first-order valence-corrected chi connectivity index (χ1v) is 11.8. The fourth-order valence-electron chi connectivity index (χ4n) is 4.57. The van der Waals surface area contributed by atoms with Crippen LogP contribution in [-0.2, 0) is 16.1 Å². The minimum Gasteiger partial charge on any atom is -0.497 e. The van der Waals surface area contributed by atoms with E-state index in [1.165, 1.54) is 0 Å². The first-order valence-electron chi connectivity index (χ1n) is 11.8. The number of likely N-dealkylation sites (tertiary alicyclic amines) is 1. The zero-order chi connectivity index (χ0) is 23.0. The molecule has 0 spiro atoms. The maximum Gasteiger partial charge on any atom is 0.255 e. The largest absolute Gasteiger partial charge is 0.497 e. The Labute approximate surface area is 196 Å². The molecule has 33 heavy (non-hydrogen) atoms. The van der Waals surface area contributed by atoms with Gasteiger partial charge in [-0.25, -0.2) is 0 Å². The van der Waals surface area contributed by atoms with E-state index < -0.39 is 0 Å². The second-order valence-electron chi connectivity index (χ2n) is 8.63. The van der Waals surface area contributed by atoms with Gasteiger partial charge in [0.15, 0.2) is 6.29 Å². The molecule has 2 aromatic rings. The summed E-state index contributed by atoms with van der Waals surface area (Å²) >= 11 is 0. The molecule has 4 rings (SSSR count). The molecule has 2 aliphatic rings. The third-order valence-electron chi connectivity index (χ3n) is 6.34. The normalized spacial score (nSPS) is 20.4. The lowest BCUT2D eigenvalue weighted by Crippen LogP contribution is -2.54. The van der Waals surface area contributed by atoms with Crippen LogP contribution in [0.15, 0.2) is 48.5 Å². The van der Waals surface area contributed by atoms with Gasteiger partial charge in [-0.3, -0.25) is 9.69 Å². The number of carbonyl (C=O) groups excluding carboxylic acids is 1. The third-order valence-corrected chi connectivity index (χ3v) is 6.34. The summed E-state index contributed by atoms with van der Waals surface area (Å²) in [5, 5.41) is 3.21. The van der Waals surface area contributed by atoms with E-state index in [4.69, 9.17) is 18.9 Å². The lowest BCUT2D eigenvalue weighted by Gasteiger charge is -2.40. The molecule has 0 saturated carbocycles. The van der Waals surface area contributed by atoms with Crippen molar-refractivity contribution < 1.29 is 23.7 Å². The maximum absolute atomic E-state index is 13.3. The fraction of sp³-hybridized carbons (Fsp3) is 0.500. The van der Waals surface area contributed by atoms with Crippen LogP contribution in [-0.4, -0.2) is 62.6 Å². The van der Waals surface area contributed by atoms with E-state index in [9.17, 15) is 4.79 Å². The monoisotopic (exact) mass is 454 g/mol. The maximum atomic E-state index is 13.3. The van der Waals surface area contributed by atoms with Gasteiger partial charge in [-0.15, -0.1) is 0 Å². The highest BCUT2D eigenvalue weighted by Crippen LogP contribution is 2.26. The summed E-state index contributed by atoms with van der Waals surface area (Å²) in [5.74, 6) is 0.996. The summed E-state index contributed by atoms with van der Waals surface area (Å²) in [5.41, 5.74) is 1.52. The van der Waals surface area contributed by atoms with Crippen LogP contribution in [0.4, 0.5) is 0 Å². The van der Waals surface area contributed by atoms with E-state index in [1.54, 1.807) is 19.2 Å². The Kier molecular flexibility index (Phi) is 8.20. The van der Waals surface area contributed by atoms with Gasteiger partial charge in [0, 0.05) is 18.6 Å². The average molecular weight is 455 g/mol. The third kappa shape index (κ3) is 6.25. The Balaban J connectivity index is 1.44. The Morgan fingerprint density at radius 2 is 1.94 bits per heavy atom. The van der Waals surface area contributed by atoms with Crippen LogP contribution in [0.3, 0.4) is 0 Å². The number of hydrogen-bond acceptors (Lipinski definition) is 6. The molecule has 7 heteroatoms. The molecule has 0 bridgehead atoms. The van der Waals surface area contributed by atoms with Crippen LogP contribution in [0.2, 0.25) is 0 Å². The number of nitrogens with zero attached hydrogens (tertiary/aromatic N) is 1. The molecule has 0 aliphatic carbocycles. The Hall–Kier alpha value is -2.61. The zero-order valence-electron chi connectivity index (χ0n) is 19.5. The summed E-state index contributed by atoms with van der Waals surface area (Å²) in [6.07, 6.45) is 3.16. The van der Waals surface area contributed by atoms with Crippen molar-refractivity contribution in [2.75, 3.05) is 33.4 Å². The van der Waals surface area contributed by atoms with Crippen molar-refractivity contribution in [3.05, 3.63) is 59.7 Å². The first-order chi connectivity index (χ1) is 16.1. The van der Waals surface area contributed by atoms with Gasteiger partial charge < -0.3 is 24.3 Å². The van der Waals surface area contributed by atoms with Gasteiger partial charge in [-0.05, 0) is 50.1 Å². The quantitative estimate of drug-likeness (QED) is 0.624. The number of benzene rings is 2. The van der Waals surface area contributed by atoms with Crippen LogP contribution in [0, 0.1) is 0 Å². The Bertz CT molecular complexity index is 901. The van der Waals surface area contributed by atoms with Crippen molar-refractivity contribution in [2.45, 2.75) is 51.2 Å². The lowest BCUT2D eigenvalue weighted by atomic mass is 9.96. The van der Waals surface area contributed by atoms with E-state index in [-0.39, 0.29) is 24.3 Å². The molecule has 1 amide bonds. The van der Waals surface area contributed by atoms with Gasteiger partial charge in [-0.1, -0.05) is 36.8 Å². The van der Waals surface area contributed by atoms with Gasteiger partial charge in [-0.2, -0.15) is 0 Å². The molecule has 2 saturated heterocycles. The minimum atomic E-state index is -0.176. The second-order valence-corrected chi connectivity index (χ2v) is 8.63. The van der Waals surface area contributed by atoms with E-state index in [0.717, 1.165) is 37.9 Å². The number of amides is 1. The summed E-state index contributed by atoms with van der Waals surface area (Å²) < 4.78 is 22.7. The fourth-order valence-corrected chi connectivity index (χ4v) is 4.57. The highest BCUT2D eigenvalue weighted by molar-refractivity contribution is 5.97. The van der Waals surface area contributed by atoms with Gasteiger partial charge in [0.25, 0.3) is 5.91 Å². The van der Waals surface area contributed by atoms with Crippen molar-refractivity contribution in [2.24, 2.45) is 0 Å². The first kappa shape index (κ1) is 23.5. The number of piperidine rings is 1. The molecule has 2 heterocycles. The molecule has 2 aromatic carbocycles. The second kappa shape index (κ2) is 11.5. The van der Waals surface area contributed by atoms with Crippen molar-refractivity contribution in [3.63, 3.8) is 0 Å². The van der Waals surface area contributed by atoms with Crippen molar-refractivity contribution >= 4 is 5.91 Å². The molecule has 1 N–H and O–H groups in total. The highest BCUT2D eigenvalue weighted by atomic mass is 16.7. The molecule has 0 aromatic heterocycles. The molecular weight excluding hydrogens is 420 g/mol. The van der Waals surface area contributed by atoms with Crippen molar-refractivity contribution in [1.82, 2.24) is 10.2 Å². The topological polar surface area (TPSA) is 69.3 Å². The number of methoxy groups -OCH3 is 1. The number of carbonyl (C=O) groups is 1. The molecule has 2 atom stereocenters. The van der Waals surface area contributed by atoms with E-state index >= 15 is 0 Å². The summed E-state index contributed by atoms with van der Waals surface area (Å²) in [7, 11) is 1.59. The smallest absolute Gasteiger partial charge is 0.255 e. The molecule has 7 nitrogen and oxygen atoms in total. The van der Waals surface area contributed by atoms with Crippen LogP contribution < -0.4 is 14.8 Å². The summed E-state index contributed by atoms with van der Waals surface area (Å²) in [6.45, 7) is 5.48. The average Bonchev–Trinajstić information content (AvgIpc) is 3.36. The van der Waals surface area contributed by atoms with Crippen molar-refractivity contribution in [3.8, 4) is 11.5 Å². The molecule has 178 valence electrons. The predicted molar refractivity (Wildman–Crippen MR) is 126 cm³/mol.